The smallest absolute Gasteiger partial charge is 0.407 e. The van der Waals surface area contributed by atoms with Crippen molar-refractivity contribution in [3.05, 3.63) is 59.4 Å². The molecular weight excluding hydrogens is 320 g/mol. The predicted octanol–water partition coefficient (Wildman–Crippen LogP) is 3.29. The molecule has 0 saturated carbocycles. The number of carbonyl (C=O) groups is 2. The van der Waals surface area contributed by atoms with Crippen LogP contribution in [0.15, 0.2) is 42.5 Å². The summed E-state index contributed by atoms with van der Waals surface area (Å²) >= 11 is 0. The first-order valence-corrected chi connectivity index (χ1v) is 8.24. The van der Waals surface area contributed by atoms with Crippen LogP contribution in [0.2, 0.25) is 0 Å². The van der Waals surface area contributed by atoms with Gasteiger partial charge in [-0.15, -0.1) is 0 Å². The zero-order valence-electron chi connectivity index (χ0n) is 14.0. The van der Waals surface area contributed by atoms with E-state index in [9.17, 15) is 14.7 Å². The van der Waals surface area contributed by atoms with Crippen LogP contribution in [-0.4, -0.2) is 39.5 Å². The molecule has 6 nitrogen and oxygen atoms in total. The van der Waals surface area contributed by atoms with Crippen LogP contribution in [0.5, 0.6) is 5.75 Å². The van der Waals surface area contributed by atoms with Crippen molar-refractivity contribution in [2.75, 3.05) is 6.54 Å². The number of ether oxygens (including phenoxy) is 1. The number of benzene rings is 1. The Balaban J connectivity index is 1.83. The number of Topliss-reactive ketones (excluding diaryl/α,β-unsaturated/α-hetero) is 1. The summed E-state index contributed by atoms with van der Waals surface area (Å²) in [5.74, 6) is 0.0864. The van der Waals surface area contributed by atoms with Crippen molar-refractivity contribution in [2.45, 2.75) is 32.4 Å². The lowest BCUT2D eigenvalue weighted by Crippen LogP contribution is -2.40. The molecule has 2 heterocycles. The summed E-state index contributed by atoms with van der Waals surface area (Å²) in [4.78, 5) is 29.7. The number of ketones is 1. The van der Waals surface area contributed by atoms with Crippen LogP contribution in [0.25, 0.3) is 0 Å². The number of nitrogens with zero attached hydrogens (tertiary/aromatic N) is 2. The normalized spacial score (nSPS) is 16.7. The Morgan fingerprint density at radius 1 is 1.24 bits per heavy atom. The minimum atomic E-state index is -1.07. The monoisotopic (exact) mass is 340 g/mol. The Kier molecular flexibility index (Phi) is 4.97. The molecule has 1 saturated heterocycles. The minimum Gasteiger partial charge on any atom is -0.487 e. The molecule has 25 heavy (non-hydrogen) atoms. The van der Waals surface area contributed by atoms with Crippen LogP contribution in [0.4, 0.5) is 4.79 Å². The Bertz CT molecular complexity index is 776. The number of hydrogen-bond donors (Lipinski definition) is 1. The summed E-state index contributed by atoms with van der Waals surface area (Å²) in [6.07, 6.45) is 0.114. The van der Waals surface area contributed by atoms with E-state index in [-0.39, 0.29) is 11.5 Å². The highest BCUT2D eigenvalue weighted by Gasteiger charge is 2.36. The number of rotatable bonds is 5. The molecule has 1 aliphatic rings. The number of amides is 1. The molecule has 1 aliphatic heterocycles. The summed E-state index contributed by atoms with van der Waals surface area (Å²) < 4.78 is 5.81. The molecule has 1 unspecified atom stereocenters. The van der Waals surface area contributed by atoms with Gasteiger partial charge in [0.25, 0.3) is 0 Å². The van der Waals surface area contributed by atoms with Crippen molar-refractivity contribution in [1.82, 2.24) is 9.88 Å². The number of aromatic nitrogens is 1. The van der Waals surface area contributed by atoms with E-state index < -0.39 is 12.1 Å². The molecule has 3 rings (SSSR count). The summed E-state index contributed by atoms with van der Waals surface area (Å²) in [6.45, 7) is 2.48. The van der Waals surface area contributed by atoms with Crippen molar-refractivity contribution in [3.63, 3.8) is 0 Å². The van der Waals surface area contributed by atoms with E-state index in [4.69, 9.17) is 4.74 Å². The number of aryl methyl sites for hydroxylation is 1. The Hall–Kier alpha value is -2.89. The number of carboxylic acid groups (broad SMARTS) is 1. The maximum Gasteiger partial charge on any atom is 0.407 e. The number of pyridine rings is 1. The van der Waals surface area contributed by atoms with Gasteiger partial charge in [-0.1, -0.05) is 30.3 Å². The maximum absolute atomic E-state index is 12.9. The van der Waals surface area contributed by atoms with Gasteiger partial charge in [0.05, 0.1) is 0 Å². The van der Waals surface area contributed by atoms with E-state index in [1.807, 2.05) is 30.3 Å². The van der Waals surface area contributed by atoms with Crippen LogP contribution < -0.4 is 4.74 Å². The van der Waals surface area contributed by atoms with Gasteiger partial charge in [-0.25, -0.2) is 9.78 Å². The second-order valence-corrected chi connectivity index (χ2v) is 6.07. The summed E-state index contributed by atoms with van der Waals surface area (Å²) in [5, 5.41) is 9.28. The molecular formula is C19H20N2O4. The average Bonchev–Trinajstić information content (AvgIpc) is 3.11. The highest BCUT2D eigenvalue weighted by atomic mass is 16.5. The number of hydrogen-bond acceptors (Lipinski definition) is 4. The van der Waals surface area contributed by atoms with E-state index >= 15 is 0 Å². The first-order valence-electron chi connectivity index (χ1n) is 8.24. The van der Waals surface area contributed by atoms with Crippen LogP contribution in [0.3, 0.4) is 0 Å². The van der Waals surface area contributed by atoms with Gasteiger partial charge in [0.1, 0.15) is 18.4 Å². The zero-order chi connectivity index (χ0) is 17.8. The summed E-state index contributed by atoms with van der Waals surface area (Å²) in [6, 6.07) is 12.4. The molecule has 1 atom stereocenters. The average molecular weight is 340 g/mol. The van der Waals surface area contributed by atoms with E-state index in [2.05, 4.69) is 4.98 Å². The SMILES string of the molecule is Cc1ccc(OCc2ccccc2)c(C(=O)C2CCCN2C(=O)O)n1. The molecule has 1 N–H and O–H groups in total. The van der Waals surface area contributed by atoms with Crippen molar-refractivity contribution in [3.8, 4) is 5.75 Å². The van der Waals surface area contributed by atoms with Gasteiger partial charge in [-0.05, 0) is 37.5 Å². The summed E-state index contributed by atoms with van der Waals surface area (Å²) in [7, 11) is 0. The third-order valence-corrected chi connectivity index (χ3v) is 4.27. The highest BCUT2D eigenvalue weighted by Crippen LogP contribution is 2.26. The second-order valence-electron chi connectivity index (χ2n) is 6.07. The largest absolute Gasteiger partial charge is 0.487 e. The van der Waals surface area contributed by atoms with E-state index in [1.165, 1.54) is 4.90 Å². The van der Waals surface area contributed by atoms with Gasteiger partial charge in [0.15, 0.2) is 5.69 Å². The van der Waals surface area contributed by atoms with E-state index in [1.54, 1.807) is 19.1 Å². The lowest BCUT2D eigenvalue weighted by Gasteiger charge is -2.21. The lowest BCUT2D eigenvalue weighted by atomic mass is 10.1. The van der Waals surface area contributed by atoms with Crippen LogP contribution in [0, 0.1) is 6.92 Å². The van der Waals surface area contributed by atoms with E-state index in [0.717, 1.165) is 5.56 Å². The molecule has 0 spiro atoms. The zero-order valence-corrected chi connectivity index (χ0v) is 14.0. The number of likely N-dealkylation sites (tertiary alicyclic amines) is 1. The fourth-order valence-corrected chi connectivity index (χ4v) is 3.00. The molecule has 2 aromatic rings. The topological polar surface area (TPSA) is 79.7 Å². The Morgan fingerprint density at radius 3 is 2.72 bits per heavy atom. The standard InChI is InChI=1S/C19H20N2O4/c1-13-9-10-16(25-12-14-6-3-2-4-7-14)17(20-13)18(22)15-8-5-11-21(15)19(23)24/h2-4,6-7,9-10,15H,5,8,11-12H2,1H3,(H,23,24). The molecule has 6 heteroatoms. The van der Waals surface area contributed by atoms with Crippen molar-refractivity contribution >= 4 is 11.9 Å². The molecule has 0 radical (unpaired) electrons. The molecule has 130 valence electrons. The quantitative estimate of drug-likeness (QED) is 0.845. The first kappa shape index (κ1) is 17.0. The Labute approximate surface area is 146 Å². The van der Waals surface area contributed by atoms with Crippen LogP contribution in [-0.2, 0) is 6.61 Å². The fourth-order valence-electron chi connectivity index (χ4n) is 3.00. The van der Waals surface area contributed by atoms with Gasteiger partial charge in [0.2, 0.25) is 5.78 Å². The van der Waals surface area contributed by atoms with Crippen molar-refractivity contribution < 1.29 is 19.4 Å². The third kappa shape index (κ3) is 3.79. The first-order chi connectivity index (χ1) is 12.1. The van der Waals surface area contributed by atoms with Gasteiger partial charge in [0, 0.05) is 12.2 Å². The summed E-state index contributed by atoms with van der Waals surface area (Å²) in [5.41, 5.74) is 1.87. The van der Waals surface area contributed by atoms with Gasteiger partial charge < -0.3 is 9.84 Å². The van der Waals surface area contributed by atoms with Crippen molar-refractivity contribution in [2.24, 2.45) is 0 Å². The van der Waals surface area contributed by atoms with Crippen LogP contribution >= 0.6 is 0 Å². The van der Waals surface area contributed by atoms with Gasteiger partial charge in [-0.3, -0.25) is 9.69 Å². The molecule has 1 aromatic carbocycles. The number of carbonyl (C=O) groups excluding carboxylic acids is 1. The minimum absolute atomic E-state index is 0.203. The molecule has 0 bridgehead atoms. The molecule has 0 aliphatic carbocycles. The maximum atomic E-state index is 12.9. The lowest BCUT2D eigenvalue weighted by molar-refractivity contribution is 0.0835. The van der Waals surface area contributed by atoms with Gasteiger partial charge >= 0.3 is 6.09 Å². The van der Waals surface area contributed by atoms with E-state index in [0.29, 0.717) is 37.4 Å². The fraction of sp³-hybridized carbons (Fsp3) is 0.316. The molecule has 1 fully saturated rings. The van der Waals surface area contributed by atoms with Gasteiger partial charge in [-0.2, -0.15) is 0 Å². The molecule has 1 amide bonds. The van der Waals surface area contributed by atoms with Crippen LogP contribution in [0.1, 0.15) is 34.6 Å². The van der Waals surface area contributed by atoms with Crippen molar-refractivity contribution in [1.29, 1.82) is 0 Å². The Morgan fingerprint density at radius 2 is 2.00 bits per heavy atom. The highest BCUT2D eigenvalue weighted by molar-refractivity contribution is 6.02. The predicted molar refractivity (Wildman–Crippen MR) is 91.8 cm³/mol. The third-order valence-electron chi connectivity index (χ3n) is 4.27. The second kappa shape index (κ2) is 7.34. The molecule has 1 aromatic heterocycles.